The summed E-state index contributed by atoms with van der Waals surface area (Å²) in [5.74, 6) is 1.58. The molecule has 3 atom stereocenters. The minimum absolute atomic E-state index is 0.109. The molecule has 0 radical (unpaired) electrons. The van der Waals surface area contributed by atoms with E-state index < -0.39 is 6.10 Å². The molecule has 0 saturated carbocycles. The lowest BCUT2D eigenvalue weighted by Crippen LogP contribution is -2.49. The summed E-state index contributed by atoms with van der Waals surface area (Å²) >= 11 is 0. The molecule has 110 valence electrons. The maximum absolute atomic E-state index is 10.8. The Bertz CT molecular complexity index is 474. The fraction of sp³-hybridized carbons (Fsp3) is 0.647. The third kappa shape index (κ3) is 2.57. The van der Waals surface area contributed by atoms with Gasteiger partial charge in [0.2, 0.25) is 0 Å². The van der Waals surface area contributed by atoms with Crippen molar-refractivity contribution >= 4 is 0 Å². The number of piperidine rings is 1. The number of aliphatic hydroxyl groups excluding tert-OH is 1. The number of rotatable bonds is 2. The summed E-state index contributed by atoms with van der Waals surface area (Å²) in [5.41, 5.74) is 2.23. The van der Waals surface area contributed by atoms with Crippen LogP contribution in [0, 0.1) is 5.92 Å². The number of ether oxygens (including phenoxy) is 1. The number of hydrogen-bond donors (Lipinski definition) is 1. The molecule has 1 N–H and O–H groups in total. The predicted octanol–water partition coefficient (Wildman–Crippen LogP) is 2.78. The lowest BCUT2D eigenvalue weighted by atomic mass is 9.92. The summed E-state index contributed by atoms with van der Waals surface area (Å²) in [7, 11) is 0. The van der Waals surface area contributed by atoms with Gasteiger partial charge in [-0.05, 0) is 49.4 Å². The molecule has 0 amide bonds. The Labute approximate surface area is 121 Å². The van der Waals surface area contributed by atoms with Gasteiger partial charge < -0.3 is 9.84 Å². The number of benzene rings is 1. The third-order valence-corrected chi connectivity index (χ3v) is 4.73. The molecule has 2 heterocycles. The smallest absolute Gasteiger partial charge is 0.125 e. The van der Waals surface area contributed by atoms with Crippen LogP contribution in [-0.4, -0.2) is 35.7 Å². The molecule has 3 nitrogen and oxygen atoms in total. The zero-order valence-electron chi connectivity index (χ0n) is 12.5. The summed E-state index contributed by atoms with van der Waals surface area (Å²) in [5, 5.41) is 10.8. The van der Waals surface area contributed by atoms with Crippen molar-refractivity contribution in [1.82, 2.24) is 4.90 Å². The Hall–Kier alpha value is -1.06. The molecular weight excluding hydrogens is 250 g/mol. The molecule has 2 aliphatic heterocycles. The fourth-order valence-electron chi connectivity index (χ4n) is 3.49. The summed E-state index contributed by atoms with van der Waals surface area (Å²) in [6.07, 6.45) is 3.10. The van der Waals surface area contributed by atoms with Gasteiger partial charge in [0.15, 0.2) is 0 Å². The van der Waals surface area contributed by atoms with Crippen LogP contribution in [0.25, 0.3) is 0 Å². The zero-order chi connectivity index (χ0) is 14.1. The van der Waals surface area contributed by atoms with Gasteiger partial charge in [0.1, 0.15) is 18.5 Å². The molecular formula is C17H25NO2. The number of likely N-dealkylation sites (tertiary alicyclic amines) is 1. The second-order valence-corrected chi connectivity index (χ2v) is 6.29. The number of aliphatic hydroxyl groups is 1. The zero-order valence-corrected chi connectivity index (χ0v) is 12.5. The molecule has 3 unspecified atom stereocenters. The maximum atomic E-state index is 10.8. The van der Waals surface area contributed by atoms with Gasteiger partial charge in [-0.25, -0.2) is 0 Å². The van der Waals surface area contributed by atoms with Crippen LogP contribution in [0.4, 0.5) is 0 Å². The number of hydrogen-bond acceptors (Lipinski definition) is 3. The van der Waals surface area contributed by atoms with Crippen LogP contribution >= 0.6 is 0 Å². The van der Waals surface area contributed by atoms with Gasteiger partial charge in [-0.15, -0.1) is 0 Å². The van der Waals surface area contributed by atoms with Crippen molar-refractivity contribution in [1.29, 1.82) is 0 Å². The van der Waals surface area contributed by atoms with E-state index in [2.05, 4.69) is 30.9 Å². The van der Waals surface area contributed by atoms with E-state index in [-0.39, 0.29) is 6.04 Å². The second-order valence-electron chi connectivity index (χ2n) is 6.29. The predicted molar refractivity (Wildman–Crippen MR) is 80.0 cm³/mol. The molecule has 3 rings (SSSR count). The lowest BCUT2D eigenvalue weighted by Gasteiger charge is -2.41. The molecule has 0 aliphatic carbocycles. The fourth-order valence-corrected chi connectivity index (χ4v) is 3.49. The standard InChI is InChI=1S/C17H25NO2/c1-3-13-6-7-16-14(9-13)17(19)15(11-20-16)18-8-4-5-12(2)10-18/h6-7,9,12,15,17,19H,3-5,8,10-11H2,1-2H3. The first-order valence-corrected chi connectivity index (χ1v) is 7.86. The van der Waals surface area contributed by atoms with Gasteiger partial charge in [0, 0.05) is 12.1 Å². The molecule has 2 aliphatic rings. The molecule has 20 heavy (non-hydrogen) atoms. The lowest BCUT2D eigenvalue weighted by molar-refractivity contribution is -0.0127. The van der Waals surface area contributed by atoms with Gasteiger partial charge in [-0.3, -0.25) is 4.90 Å². The van der Waals surface area contributed by atoms with Crippen LogP contribution in [-0.2, 0) is 6.42 Å². The highest BCUT2D eigenvalue weighted by atomic mass is 16.5. The minimum atomic E-state index is -0.421. The Morgan fingerprint density at radius 3 is 3.00 bits per heavy atom. The van der Waals surface area contributed by atoms with E-state index >= 15 is 0 Å². The van der Waals surface area contributed by atoms with Crippen LogP contribution in [0.3, 0.4) is 0 Å². The van der Waals surface area contributed by atoms with Crippen LogP contribution < -0.4 is 4.74 Å². The molecule has 1 aromatic carbocycles. The van der Waals surface area contributed by atoms with Crippen molar-refractivity contribution in [3.63, 3.8) is 0 Å². The Kier molecular flexibility index (Phi) is 3.99. The summed E-state index contributed by atoms with van der Waals surface area (Å²) in [6, 6.07) is 6.32. The summed E-state index contributed by atoms with van der Waals surface area (Å²) in [6.45, 7) is 7.20. The average Bonchev–Trinajstić information content (AvgIpc) is 2.47. The number of fused-ring (bicyclic) bond motifs is 1. The van der Waals surface area contributed by atoms with E-state index in [0.29, 0.717) is 6.61 Å². The van der Waals surface area contributed by atoms with Crippen LogP contribution in [0.15, 0.2) is 18.2 Å². The van der Waals surface area contributed by atoms with Crippen molar-refractivity contribution in [3.05, 3.63) is 29.3 Å². The van der Waals surface area contributed by atoms with Crippen LogP contribution in [0.5, 0.6) is 5.75 Å². The number of aryl methyl sites for hydroxylation is 1. The van der Waals surface area contributed by atoms with Crippen molar-refractivity contribution < 1.29 is 9.84 Å². The number of nitrogens with zero attached hydrogens (tertiary/aromatic N) is 1. The second kappa shape index (κ2) is 5.74. The van der Waals surface area contributed by atoms with E-state index in [0.717, 1.165) is 36.7 Å². The van der Waals surface area contributed by atoms with Crippen LogP contribution in [0.2, 0.25) is 0 Å². The Morgan fingerprint density at radius 1 is 1.40 bits per heavy atom. The first-order chi connectivity index (χ1) is 9.69. The van der Waals surface area contributed by atoms with Gasteiger partial charge in [-0.2, -0.15) is 0 Å². The maximum Gasteiger partial charge on any atom is 0.125 e. The van der Waals surface area contributed by atoms with Crippen molar-refractivity contribution in [3.8, 4) is 5.75 Å². The quantitative estimate of drug-likeness (QED) is 0.901. The topological polar surface area (TPSA) is 32.7 Å². The molecule has 0 spiro atoms. The van der Waals surface area contributed by atoms with E-state index in [4.69, 9.17) is 4.74 Å². The molecule has 1 saturated heterocycles. The SMILES string of the molecule is CCc1ccc2c(c1)C(O)C(N1CCCC(C)C1)CO2. The van der Waals surface area contributed by atoms with Gasteiger partial charge >= 0.3 is 0 Å². The average molecular weight is 275 g/mol. The minimum Gasteiger partial charge on any atom is -0.491 e. The molecule has 3 heteroatoms. The highest BCUT2D eigenvalue weighted by Gasteiger charge is 2.35. The van der Waals surface area contributed by atoms with Gasteiger partial charge in [0.25, 0.3) is 0 Å². The monoisotopic (exact) mass is 275 g/mol. The Balaban J connectivity index is 1.82. The third-order valence-electron chi connectivity index (χ3n) is 4.73. The molecule has 0 bridgehead atoms. The molecule has 1 aromatic rings. The van der Waals surface area contributed by atoms with Crippen molar-refractivity contribution in [2.45, 2.75) is 45.3 Å². The first kappa shape index (κ1) is 13.9. The largest absolute Gasteiger partial charge is 0.491 e. The van der Waals surface area contributed by atoms with E-state index in [1.807, 2.05) is 6.07 Å². The van der Waals surface area contributed by atoms with Crippen molar-refractivity contribution in [2.75, 3.05) is 19.7 Å². The van der Waals surface area contributed by atoms with Gasteiger partial charge in [-0.1, -0.05) is 19.9 Å². The summed E-state index contributed by atoms with van der Waals surface area (Å²) < 4.78 is 5.89. The van der Waals surface area contributed by atoms with Crippen molar-refractivity contribution in [2.24, 2.45) is 5.92 Å². The highest BCUT2D eigenvalue weighted by Crippen LogP contribution is 2.36. The summed E-state index contributed by atoms with van der Waals surface area (Å²) in [4.78, 5) is 2.42. The highest BCUT2D eigenvalue weighted by molar-refractivity contribution is 5.41. The Morgan fingerprint density at radius 2 is 2.25 bits per heavy atom. The van der Waals surface area contributed by atoms with E-state index in [9.17, 15) is 5.11 Å². The normalized spacial score (nSPS) is 30.6. The van der Waals surface area contributed by atoms with E-state index in [1.165, 1.54) is 18.4 Å². The van der Waals surface area contributed by atoms with E-state index in [1.54, 1.807) is 0 Å². The molecule has 0 aromatic heterocycles. The first-order valence-electron chi connectivity index (χ1n) is 7.86. The van der Waals surface area contributed by atoms with Gasteiger partial charge in [0.05, 0.1) is 6.04 Å². The van der Waals surface area contributed by atoms with Crippen LogP contribution in [0.1, 0.15) is 43.9 Å². The molecule has 1 fully saturated rings.